The molecule has 2 aliphatic rings. The van der Waals surface area contributed by atoms with Crippen LogP contribution in [0.25, 0.3) is 0 Å². The van der Waals surface area contributed by atoms with Crippen molar-refractivity contribution in [3.63, 3.8) is 0 Å². The normalized spacial score (nSPS) is 17.9. The lowest BCUT2D eigenvalue weighted by Crippen LogP contribution is -2.52. The van der Waals surface area contributed by atoms with Gasteiger partial charge in [0.05, 0.1) is 30.7 Å². The largest absolute Gasteiger partial charge is 0.378 e. The highest BCUT2D eigenvalue weighted by Crippen LogP contribution is 2.20. The molecular formula is C20H22N4O3. The van der Waals surface area contributed by atoms with Crippen LogP contribution in [0.2, 0.25) is 0 Å². The Morgan fingerprint density at radius 2 is 1.74 bits per heavy atom. The van der Waals surface area contributed by atoms with Crippen molar-refractivity contribution in [2.75, 3.05) is 55.7 Å². The van der Waals surface area contributed by atoms with Gasteiger partial charge < -0.3 is 19.4 Å². The minimum absolute atomic E-state index is 0.0712. The summed E-state index contributed by atoms with van der Waals surface area (Å²) in [6, 6.07) is 11.4. The number of amides is 2. The van der Waals surface area contributed by atoms with Gasteiger partial charge in [-0.15, -0.1) is 0 Å². The first-order valence-corrected chi connectivity index (χ1v) is 9.15. The number of aromatic nitrogens is 1. The zero-order valence-corrected chi connectivity index (χ0v) is 15.1. The summed E-state index contributed by atoms with van der Waals surface area (Å²) in [5, 5.41) is 0. The molecule has 1 aromatic carbocycles. The average Bonchev–Trinajstić information content (AvgIpc) is 2.74. The van der Waals surface area contributed by atoms with Crippen LogP contribution in [0.3, 0.4) is 0 Å². The van der Waals surface area contributed by atoms with Crippen LogP contribution in [0.5, 0.6) is 0 Å². The number of para-hydroxylation sites is 1. The Hall–Kier alpha value is -2.93. The zero-order valence-electron chi connectivity index (χ0n) is 15.1. The SMILES string of the molecule is O=C(c1cncc(N2CCOCC2)c1)N1CCN(c2ccccc2)C(=O)C1. The van der Waals surface area contributed by atoms with Gasteiger partial charge in [0.15, 0.2) is 0 Å². The summed E-state index contributed by atoms with van der Waals surface area (Å²) in [6.07, 6.45) is 3.33. The summed E-state index contributed by atoms with van der Waals surface area (Å²) in [5.74, 6) is -0.225. The van der Waals surface area contributed by atoms with Crippen molar-refractivity contribution in [2.45, 2.75) is 0 Å². The topological polar surface area (TPSA) is 66.0 Å². The fourth-order valence-corrected chi connectivity index (χ4v) is 3.45. The molecule has 4 rings (SSSR count). The minimum atomic E-state index is -0.154. The highest BCUT2D eigenvalue weighted by atomic mass is 16.5. The van der Waals surface area contributed by atoms with Crippen LogP contribution in [0.4, 0.5) is 11.4 Å². The standard InChI is InChI=1S/C20H22N4O3/c25-19-15-23(6-7-24(19)17-4-2-1-3-5-17)20(26)16-12-18(14-21-13-16)22-8-10-27-11-9-22/h1-5,12-14H,6-11,15H2. The first-order chi connectivity index (χ1) is 13.2. The number of hydrogen-bond acceptors (Lipinski definition) is 5. The third-order valence-corrected chi connectivity index (χ3v) is 4.92. The lowest BCUT2D eigenvalue weighted by Gasteiger charge is -2.34. The maximum absolute atomic E-state index is 12.9. The molecule has 2 fully saturated rings. The Labute approximate surface area is 158 Å². The first-order valence-electron chi connectivity index (χ1n) is 9.15. The first kappa shape index (κ1) is 17.5. The summed E-state index contributed by atoms with van der Waals surface area (Å²) < 4.78 is 5.37. The minimum Gasteiger partial charge on any atom is -0.378 e. The molecule has 7 nitrogen and oxygen atoms in total. The van der Waals surface area contributed by atoms with Crippen LogP contribution < -0.4 is 9.80 Å². The van der Waals surface area contributed by atoms with E-state index in [0.29, 0.717) is 31.9 Å². The molecule has 2 aliphatic heterocycles. The highest BCUT2D eigenvalue weighted by molar-refractivity contribution is 6.01. The number of piperazine rings is 1. The fraction of sp³-hybridized carbons (Fsp3) is 0.350. The summed E-state index contributed by atoms with van der Waals surface area (Å²) in [4.78, 5) is 35.2. The number of rotatable bonds is 3. The maximum atomic E-state index is 12.9. The fourth-order valence-electron chi connectivity index (χ4n) is 3.45. The summed E-state index contributed by atoms with van der Waals surface area (Å²) in [7, 11) is 0. The number of nitrogens with zero attached hydrogens (tertiary/aromatic N) is 4. The van der Waals surface area contributed by atoms with Gasteiger partial charge in [0.25, 0.3) is 5.91 Å². The number of morpholine rings is 1. The third kappa shape index (κ3) is 3.78. The molecule has 0 unspecified atom stereocenters. The number of anilines is 2. The number of benzene rings is 1. The molecule has 0 spiro atoms. The smallest absolute Gasteiger partial charge is 0.256 e. The summed E-state index contributed by atoms with van der Waals surface area (Å²) in [6.45, 7) is 3.99. The van der Waals surface area contributed by atoms with E-state index in [1.807, 2.05) is 36.4 Å². The van der Waals surface area contributed by atoms with E-state index >= 15 is 0 Å². The van der Waals surface area contributed by atoms with Gasteiger partial charge >= 0.3 is 0 Å². The van der Waals surface area contributed by atoms with Crippen LogP contribution in [0.1, 0.15) is 10.4 Å². The molecule has 2 saturated heterocycles. The van der Waals surface area contributed by atoms with Gasteiger partial charge in [0.2, 0.25) is 5.91 Å². The summed E-state index contributed by atoms with van der Waals surface area (Å²) >= 11 is 0. The molecule has 0 bridgehead atoms. The van der Waals surface area contributed by atoms with Gasteiger partial charge in [-0.25, -0.2) is 0 Å². The van der Waals surface area contributed by atoms with E-state index in [4.69, 9.17) is 4.74 Å². The maximum Gasteiger partial charge on any atom is 0.256 e. The predicted octanol–water partition coefficient (Wildman–Crippen LogP) is 1.41. The second-order valence-corrected chi connectivity index (χ2v) is 6.64. The van der Waals surface area contributed by atoms with Crippen molar-refractivity contribution in [3.8, 4) is 0 Å². The predicted molar refractivity (Wildman–Crippen MR) is 102 cm³/mol. The Balaban J connectivity index is 1.45. The van der Waals surface area contributed by atoms with Crippen molar-refractivity contribution in [2.24, 2.45) is 0 Å². The van der Waals surface area contributed by atoms with Gasteiger partial charge in [0.1, 0.15) is 6.54 Å². The number of hydrogen-bond donors (Lipinski definition) is 0. The van der Waals surface area contributed by atoms with E-state index in [0.717, 1.165) is 24.5 Å². The molecule has 0 radical (unpaired) electrons. The van der Waals surface area contributed by atoms with Crippen LogP contribution >= 0.6 is 0 Å². The summed E-state index contributed by atoms with van der Waals surface area (Å²) in [5.41, 5.74) is 2.30. The van der Waals surface area contributed by atoms with Gasteiger partial charge in [-0.3, -0.25) is 14.6 Å². The molecule has 140 valence electrons. The molecule has 1 aromatic heterocycles. The van der Waals surface area contributed by atoms with Gasteiger partial charge in [-0.2, -0.15) is 0 Å². The Bertz CT molecular complexity index is 821. The average molecular weight is 366 g/mol. The van der Waals surface area contributed by atoms with Crippen molar-refractivity contribution < 1.29 is 14.3 Å². The molecule has 0 saturated carbocycles. The van der Waals surface area contributed by atoms with Gasteiger partial charge in [-0.05, 0) is 18.2 Å². The van der Waals surface area contributed by atoms with E-state index in [-0.39, 0.29) is 18.4 Å². The number of ether oxygens (including phenoxy) is 1. The van der Waals surface area contributed by atoms with E-state index in [1.54, 1.807) is 22.2 Å². The molecule has 2 aromatic rings. The van der Waals surface area contributed by atoms with Crippen LogP contribution in [-0.4, -0.2) is 67.6 Å². The molecule has 27 heavy (non-hydrogen) atoms. The molecular weight excluding hydrogens is 344 g/mol. The van der Waals surface area contributed by atoms with E-state index in [2.05, 4.69) is 9.88 Å². The van der Waals surface area contributed by atoms with Gasteiger partial charge in [-0.1, -0.05) is 18.2 Å². The van der Waals surface area contributed by atoms with E-state index in [9.17, 15) is 9.59 Å². The molecule has 0 atom stereocenters. The van der Waals surface area contributed by atoms with Crippen molar-refractivity contribution in [1.82, 2.24) is 9.88 Å². The Kier molecular flexibility index (Phi) is 5.02. The quantitative estimate of drug-likeness (QED) is 0.822. The monoisotopic (exact) mass is 366 g/mol. The lowest BCUT2D eigenvalue weighted by atomic mass is 10.2. The number of carbonyl (C=O) groups excluding carboxylic acids is 2. The van der Waals surface area contributed by atoms with Crippen molar-refractivity contribution in [1.29, 1.82) is 0 Å². The zero-order chi connectivity index (χ0) is 18.6. The second kappa shape index (κ2) is 7.75. The third-order valence-electron chi connectivity index (χ3n) is 4.92. The Morgan fingerprint density at radius 3 is 2.48 bits per heavy atom. The molecule has 3 heterocycles. The second-order valence-electron chi connectivity index (χ2n) is 6.64. The molecule has 7 heteroatoms. The van der Waals surface area contributed by atoms with Gasteiger partial charge in [0, 0.05) is 38.1 Å². The van der Waals surface area contributed by atoms with Crippen LogP contribution in [0, 0.1) is 0 Å². The Morgan fingerprint density at radius 1 is 0.963 bits per heavy atom. The van der Waals surface area contributed by atoms with E-state index < -0.39 is 0 Å². The number of pyridine rings is 1. The highest BCUT2D eigenvalue weighted by Gasteiger charge is 2.29. The van der Waals surface area contributed by atoms with Crippen molar-refractivity contribution in [3.05, 3.63) is 54.4 Å². The van der Waals surface area contributed by atoms with Crippen LogP contribution in [-0.2, 0) is 9.53 Å². The van der Waals surface area contributed by atoms with Crippen LogP contribution in [0.15, 0.2) is 48.8 Å². The lowest BCUT2D eigenvalue weighted by molar-refractivity contribution is -0.120. The molecule has 0 aliphatic carbocycles. The molecule has 2 amide bonds. The molecule has 0 N–H and O–H groups in total. The number of carbonyl (C=O) groups is 2. The van der Waals surface area contributed by atoms with Crippen molar-refractivity contribution >= 4 is 23.2 Å². The van der Waals surface area contributed by atoms with E-state index in [1.165, 1.54) is 0 Å².